The lowest BCUT2D eigenvalue weighted by Crippen LogP contribution is -2.63. The van der Waals surface area contributed by atoms with E-state index >= 15 is 0 Å². The van der Waals surface area contributed by atoms with Crippen molar-refractivity contribution in [2.75, 3.05) is 12.3 Å². The average Bonchev–Trinajstić information content (AvgIpc) is 3.36. The van der Waals surface area contributed by atoms with Crippen LogP contribution in [0.5, 0.6) is 0 Å². The van der Waals surface area contributed by atoms with Crippen molar-refractivity contribution >= 4 is 89.6 Å². The summed E-state index contributed by atoms with van der Waals surface area (Å²) in [5.41, 5.74) is 17.0. The normalized spacial score (nSPS) is 15.3. The molecule has 11 atom stereocenters. The van der Waals surface area contributed by atoms with Gasteiger partial charge in [0.25, 0.3) is 0 Å². The Bertz CT molecular complexity index is 2290. The molecule has 0 aromatic heterocycles. The number of hydrogen-bond acceptors (Lipinski definition) is 17. The summed E-state index contributed by atoms with van der Waals surface area (Å²) >= 11 is 3.92. The van der Waals surface area contributed by atoms with Gasteiger partial charge < -0.3 is 85.5 Å². The Morgan fingerprint density at radius 3 is 1.48 bits per heavy atom. The number of nitrogens with one attached hydrogen (secondary N) is 9. The van der Waals surface area contributed by atoms with Crippen molar-refractivity contribution in [1.82, 2.24) is 47.9 Å². The van der Waals surface area contributed by atoms with Crippen molar-refractivity contribution < 1.29 is 82.8 Å². The van der Waals surface area contributed by atoms with Gasteiger partial charge >= 0.3 is 17.9 Å². The van der Waals surface area contributed by atoms with E-state index in [9.17, 15) is 82.8 Å². The summed E-state index contributed by atoms with van der Waals surface area (Å²) in [4.78, 5) is 169. The van der Waals surface area contributed by atoms with E-state index in [2.05, 4.69) is 60.5 Å². The summed E-state index contributed by atoms with van der Waals surface area (Å²) in [7, 11) is 0. The fourth-order valence-electron chi connectivity index (χ4n) is 7.39. The topological polar surface area (TPSA) is 489 Å². The lowest BCUT2D eigenvalue weighted by molar-refractivity contribution is -0.143. The van der Waals surface area contributed by atoms with Crippen LogP contribution in [0.15, 0.2) is 30.3 Å². The van der Waals surface area contributed by atoms with Crippen molar-refractivity contribution in [3.05, 3.63) is 35.9 Å². The number of carbonyl (C=O) groups is 13. The number of amides is 10. The van der Waals surface area contributed by atoms with Gasteiger partial charge in [0.2, 0.25) is 59.1 Å². The Kier molecular flexibility index (Phi) is 31.0. The summed E-state index contributed by atoms with van der Waals surface area (Å²) in [6, 6.07) is -7.70. The fourth-order valence-corrected chi connectivity index (χ4v) is 7.55. The average molecular weight is 1140 g/mol. The minimum Gasteiger partial charge on any atom is -0.481 e. The third kappa shape index (κ3) is 26.2. The van der Waals surface area contributed by atoms with E-state index in [1.165, 1.54) is 20.8 Å². The Morgan fingerprint density at radius 2 is 0.987 bits per heavy atom. The van der Waals surface area contributed by atoms with Gasteiger partial charge in [0, 0.05) is 18.6 Å². The third-order valence-electron chi connectivity index (χ3n) is 11.7. The summed E-state index contributed by atoms with van der Waals surface area (Å²) < 4.78 is 0. The standard InChI is InChI=1S/C49H78N12O17S/c1-23(2)18-31(44(72)55-30(49(77)78)14-10-11-17-50)56-40(68)25(5)53-43(71)33(20-36(64)65)59-48(76)39(26(6)62)61-47(75)38(24(3)4)60-46(74)32(19-27-12-8-7-9-13-27)58-42(70)29(15-16-35(52)63)54-45(73)34(21-37(66)67)57-41(69)28(51)22-79/h7-9,12-13,23-26,28-34,38-39,62,79H,10-11,14-22,50-51H2,1-6H3,(H2,52,63)(H,53,71)(H,54,73)(H,55,72)(H,56,68)(H,57,69)(H,58,70)(H,59,76)(H,60,74)(H,61,75)(H,64,65)(H,66,67)(H,77,78)/t25-,26+,28-,29-,30-,31-,32-,33-,34-,38-,39-/m0/s1. The number of aliphatic hydroxyl groups excluding tert-OH is 1. The number of benzene rings is 1. The summed E-state index contributed by atoms with van der Waals surface area (Å²) in [5, 5.41) is 60.5. The van der Waals surface area contributed by atoms with Gasteiger partial charge in [0.05, 0.1) is 25.0 Å². The van der Waals surface area contributed by atoms with Crippen molar-refractivity contribution in [2.45, 2.75) is 166 Å². The molecular formula is C49H78N12O17S. The van der Waals surface area contributed by atoms with Crippen molar-refractivity contribution in [3.63, 3.8) is 0 Å². The Morgan fingerprint density at radius 1 is 0.532 bits per heavy atom. The van der Waals surface area contributed by atoms with Crippen LogP contribution in [-0.4, -0.2) is 176 Å². The number of carboxylic acid groups (broad SMARTS) is 3. The minimum atomic E-state index is -1.95. The first-order valence-corrected chi connectivity index (χ1v) is 26.0. The van der Waals surface area contributed by atoms with Gasteiger partial charge in [0.15, 0.2) is 0 Å². The second-order valence-electron chi connectivity index (χ2n) is 19.5. The summed E-state index contributed by atoms with van der Waals surface area (Å²) in [6.07, 6.45) is -4.04. The zero-order valence-electron chi connectivity index (χ0n) is 44.9. The highest BCUT2D eigenvalue weighted by Gasteiger charge is 2.38. The van der Waals surface area contributed by atoms with Gasteiger partial charge in [0.1, 0.15) is 54.4 Å². The molecule has 442 valence electrons. The molecule has 0 aliphatic rings. The molecule has 0 spiro atoms. The molecule has 0 fully saturated rings. The van der Waals surface area contributed by atoms with Gasteiger partial charge in [-0.1, -0.05) is 58.0 Å². The molecule has 29 nitrogen and oxygen atoms in total. The number of primary amides is 1. The highest BCUT2D eigenvalue weighted by molar-refractivity contribution is 7.80. The van der Waals surface area contributed by atoms with Crippen LogP contribution in [0, 0.1) is 11.8 Å². The van der Waals surface area contributed by atoms with Crippen LogP contribution in [0.4, 0.5) is 0 Å². The van der Waals surface area contributed by atoms with E-state index in [4.69, 9.17) is 17.2 Å². The molecule has 19 N–H and O–H groups in total. The highest BCUT2D eigenvalue weighted by atomic mass is 32.1. The number of carbonyl (C=O) groups excluding carboxylic acids is 10. The van der Waals surface area contributed by atoms with Crippen LogP contribution < -0.4 is 65.1 Å². The molecule has 1 rings (SSSR count). The molecule has 30 heteroatoms. The van der Waals surface area contributed by atoms with Crippen LogP contribution in [0.2, 0.25) is 0 Å². The lowest BCUT2D eigenvalue weighted by atomic mass is 9.99. The van der Waals surface area contributed by atoms with Crippen LogP contribution in [0.1, 0.15) is 98.5 Å². The largest absolute Gasteiger partial charge is 0.481 e. The van der Waals surface area contributed by atoms with E-state index < -0.39 is 175 Å². The van der Waals surface area contributed by atoms with E-state index in [-0.39, 0.29) is 30.9 Å². The first-order chi connectivity index (χ1) is 36.9. The third-order valence-corrected chi connectivity index (χ3v) is 12.1. The predicted molar refractivity (Wildman–Crippen MR) is 284 cm³/mol. The van der Waals surface area contributed by atoms with Crippen molar-refractivity contribution in [2.24, 2.45) is 29.0 Å². The Labute approximate surface area is 462 Å². The van der Waals surface area contributed by atoms with E-state index in [0.717, 1.165) is 6.92 Å². The second kappa shape index (κ2) is 35.1. The maximum Gasteiger partial charge on any atom is 0.326 e. The molecule has 0 aliphatic carbocycles. The number of thiol groups is 1. The number of nitrogens with two attached hydrogens (primary N) is 3. The molecular weight excluding hydrogens is 1060 g/mol. The molecule has 10 amide bonds. The fraction of sp³-hybridized carbons (Fsp3) is 0.612. The van der Waals surface area contributed by atoms with Gasteiger partial charge in [-0.05, 0) is 69.9 Å². The molecule has 0 aliphatic heterocycles. The SMILES string of the molecule is CC(C)C[C@H](NC(=O)[C@H](C)NC(=O)[C@H](CC(=O)O)NC(=O)[C@@H](NC(=O)[C@@H](NC(=O)[C@H](Cc1ccccc1)NC(=O)[C@H](CCC(N)=O)NC(=O)[C@H](CC(=O)O)NC(=O)[C@@H](N)CS)C(C)C)[C@@H](C)O)C(=O)N[C@@H](CCCCN)C(=O)O. The Hall–Kier alpha value is -7.44. The highest BCUT2D eigenvalue weighted by Crippen LogP contribution is 2.12. The maximum atomic E-state index is 14.2. The first kappa shape index (κ1) is 69.6. The summed E-state index contributed by atoms with van der Waals surface area (Å²) in [6.45, 7) is 9.00. The Balaban J connectivity index is 3.44. The number of rotatable bonds is 37. The molecule has 0 saturated heterocycles. The molecule has 0 bridgehead atoms. The quantitative estimate of drug-likeness (QED) is 0.0220. The minimum absolute atomic E-state index is 0.0438. The zero-order valence-corrected chi connectivity index (χ0v) is 45.8. The molecule has 0 radical (unpaired) electrons. The number of aliphatic hydroxyl groups is 1. The van der Waals surface area contributed by atoms with Crippen LogP contribution in [-0.2, 0) is 68.7 Å². The summed E-state index contributed by atoms with van der Waals surface area (Å²) in [5.74, 6) is -16.2. The first-order valence-electron chi connectivity index (χ1n) is 25.4. The second-order valence-corrected chi connectivity index (χ2v) is 19.9. The van der Waals surface area contributed by atoms with Gasteiger partial charge in [-0.2, -0.15) is 12.6 Å². The van der Waals surface area contributed by atoms with Crippen molar-refractivity contribution in [3.8, 4) is 0 Å². The monoisotopic (exact) mass is 1140 g/mol. The number of aliphatic carboxylic acids is 3. The van der Waals surface area contributed by atoms with Crippen LogP contribution >= 0.6 is 12.6 Å². The number of carboxylic acids is 3. The van der Waals surface area contributed by atoms with Crippen molar-refractivity contribution in [1.29, 1.82) is 0 Å². The van der Waals surface area contributed by atoms with Crippen LogP contribution in [0.3, 0.4) is 0 Å². The van der Waals surface area contributed by atoms with Gasteiger partial charge in [-0.3, -0.25) is 57.5 Å². The molecule has 0 heterocycles. The predicted octanol–water partition coefficient (Wildman–Crippen LogP) is -4.62. The maximum absolute atomic E-state index is 14.2. The smallest absolute Gasteiger partial charge is 0.326 e. The van der Waals surface area contributed by atoms with E-state index in [0.29, 0.717) is 24.9 Å². The molecule has 1 aromatic rings. The number of hydrogen-bond donors (Lipinski definition) is 17. The van der Waals surface area contributed by atoms with Gasteiger partial charge in [-0.15, -0.1) is 0 Å². The number of unbranched alkanes of at least 4 members (excludes halogenated alkanes) is 1. The van der Waals surface area contributed by atoms with E-state index in [1.54, 1.807) is 44.2 Å². The molecule has 0 saturated carbocycles. The molecule has 0 unspecified atom stereocenters. The van der Waals surface area contributed by atoms with Gasteiger partial charge in [-0.25, -0.2) is 4.79 Å². The molecule has 79 heavy (non-hydrogen) atoms. The van der Waals surface area contributed by atoms with Crippen LogP contribution in [0.25, 0.3) is 0 Å². The zero-order chi connectivity index (χ0) is 60.3. The molecule has 1 aromatic carbocycles. The lowest BCUT2D eigenvalue weighted by Gasteiger charge is -2.29. The van der Waals surface area contributed by atoms with E-state index in [1.807, 2.05) is 0 Å².